The summed E-state index contributed by atoms with van der Waals surface area (Å²) in [5.41, 5.74) is -1.15. The lowest BCUT2D eigenvalue weighted by molar-refractivity contribution is 0.103. The average molecular weight is 298 g/mol. The zero-order valence-corrected chi connectivity index (χ0v) is 12.1. The third kappa shape index (κ3) is 2.07. The molecule has 4 rings (SSSR count). The topological polar surface area (TPSA) is 17.1 Å². The minimum Gasteiger partial charge on any atom is -0.289 e. The van der Waals surface area contributed by atoms with Crippen LogP contribution >= 0.6 is 0 Å². The van der Waals surface area contributed by atoms with Gasteiger partial charge < -0.3 is 0 Å². The number of hydrogen-bond donors (Lipinski definition) is 0. The minimum absolute atomic E-state index is 0.279. The van der Waals surface area contributed by atoms with Crippen LogP contribution in [0, 0.1) is 0 Å². The number of carbonyl (C=O) groups is 1. The molecule has 0 aliphatic heterocycles. The van der Waals surface area contributed by atoms with Crippen LogP contribution in [0.2, 0.25) is 0 Å². The van der Waals surface area contributed by atoms with Gasteiger partial charge in [-0.2, -0.15) is 0 Å². The van der Waals surface area contributed by atoms with Gasteiger partial charge >= 0.3 is 0 Å². The SMILES string of the molecule is O=C(c1ccccc1C1(F)CC1)c1ccccc1C1(F)CC1. The van der Waals surface area contributed by atoms with E-state index < -0.39 is 11.3 Å². The summed E-state index contributed by atoms with van der Waals surface area (Å²) in [4.78, 5) is 12.9. The molecule has 0 saturated heterocycles. The Morgan fingerprint density at radius 3 is 1.45 bits per heavy atom. The van der Waals surface area contributed by atoms with E-state index in [1.165, 1.54) is 0 Å². The zero-order valence-electron chi connectivity index (χ0n) is 12.1. The third-order valence-electron chi connectivity index (χ3n) is 4.69. The molecule has 22 heavy (non-hydrogen) atoms. The fourth-order valence-electron chi connectivity index (χ4n) is 3.05. The molecule has 0 N–H and O–H groups in total. The lowest BCUT2D eigenvalue weighted by Gasteiger charge is -2.15. The van der Waals surface area contributed by atoms with E-state index in [0.29, 0.717) is 47.9 Å². The van der Waals surface area contributed by atoms with Crippen LogP contribution in [0.4, 0.5) is 8.78 Å². The Labute approximate surface area is 128 Å². The maximum Gasteiger partial charge on any atom is 0.193 e. The Bertz CT molecular complexity index is 694. The number of rotatable bonds is 4. The second-order valence-electron chi connectivity index (χ2n) is 6.35. The van der Waals surface area contributed by atoms with E-state index >= 15 is 0 Å². The molecule has 0 aromatic heterocycles. The normalized spacial score (nSPS) is 20.5. The molecule has 2 aliphatic carbocycles. The number of benzene rings is 2. The van der Waals surface area contributed by atoms with Crippen molar-refractivity contribution >= 4 is 5.78 Å². The van der Waals surface area contributed by atoms with Crippen molar-refractivity contribution in [3.8, 4) is 0 Å². The Balaban J connectivity index is 1.81. The first-order chi connectivity index (χ1) is 10.5. The first-order valence-electron chi connectivity index (χ1n) is 7.65. The first kappa shape index (κ1) is 13.6. The van der Waals surface area contributed by atoms with Crippen molar-refractivity contribution in [3.05, 3.63) is 70.8 Å². The van der Waals surface area contributed by atoms with Crippen LogP contribution < -0.4 is 0 Å². The van der Waals surface area contributed by atoms with Crippen LogP contribution in [0.3, 0.4) is 0 Å². The molecule has 0 atom stereocenters. The van der Waals surface area contributed by atoms with Gasteiger partial charge in [-0.15, -0.1) is 0 Å². The highest BCUT2D eigenvalue weighted by molar-refractivity contribution is 6.11. The van der Waals surface area contributed by atoms with Crippen LogP contribution in [0.1, 0.15) is 52.7 Å². The van der Waals surface area contributed by atoms with Crippen molar-refractivity contribution in [2.24, 2.45) is 0 Å². The highest BCUT2D eigenvalue weighted by Crippen LogP contribution is 2.52. The van der Waals surface area contributed by atoms with E-state index in [-0.39, 0.29) is 5.78 Å². The first-order valence-corrected chi connectivity index (χ1v) is 7.65. The molecule has 0 bridgehead atoms. The monoisotopic (exact) mass is 298 g/mol. The Morgan fingerprint density at radius 2 is 1.09 bits per heavy atom. The molecule has 2 aromatic carbocycles. The smallest absolute Gasteiger partial charge is 0.193 e. The van der Waals surface area contributed by atoms with Gasteiger partial charge in [0, 0.05) is 22.3 Å². The van der Waals surface area contributed by atoms with E-state index in [0.717, 1.165) is 0 Å². The van der Waals surface area contributed by atoms with Gasteiger partial charge in [0.2, 0.25) is 0 Å². The van der Waals surface area contributed by atoms with E-state index in [1.807, 2.05) is 0 Å². The van der Waals surface area contributed by atoms with Crippen molar-refractivity contribution < 1.29 is 13.6 Å². The molecule has 2 aliphatic rings. The summed E-state index contributed by atoms with van der Waals surface area (Å²) in [6.45, 7) is 0. The predicted molar refractivity (Wildman–Crippen MR) is 80.4 cm³/mol. The van der Waals surface area contributed by atoms with Crippen LogP contribution in [0.25, 0.3) is 0 Å². The largest absolute Gasteiger partial charge is 0.289 e. The predicted octanol–water partition coefficient (Wildman–Crippen LogP) is 4.83. The zero-order chi connectivity index (χ0) is 15.4. The summed E-state index contributed by atoms with van der Waals surface area (Å²) >= 11 is 0. The second-order valence-corrected chi connectivity index (χ2v) is 6.35. The summed E-state index contributed by atoms with van der Waals surface area (Å²) < 4.78 is 29.0. The van der Waals surface area contributed by atoms with Crippen LogP contribution in [0.5, 0.6) is 0 Å². The van der Waals surface area contributed by atoms with Gasteiger partial charge in [-0.05, 0) is 25.7 Å². The van der Waals surface area contributed by atoms with Crippen LogP contribution in [-0.4, -0.2) is 5.78 Å². The molecule has 0 spiro atoms. The third-order valence-corrected chi connectivity index (χ3v) is 4.69. The van der Waals surface area contributed by atoms with Gasteiger partial charge in [0.05, 0.1) is 0 Å². The Morgan fingerprint density at radius 1 is 0.727 bits per heavy atom. The number of alkyl halides is 2. The minimum atomic E-state index is -1.38. The van der Waals surface area contributed by atoms with Crippen molar-refractivity contribution in [2.75, 3.05) is 0 Å². The van der Waals surface area contributed by atoms with Gasteiger partial charge in [-0.25, -0.2) is 8.78 Å². The van der Waals surface area contributed by atoms with Gasteiger partial charge in [0.15, 0.2) is 5.78 Å². The molecule has 0 radical (unpaired) electrons. The number of ketones is 1. The van der Waals surface area contributed by atoms with Gasteiger partial charge in [-0.1, -0.05) is 48.5 Å². The molecular formula is C19H16F2O. The molecule has 112 valence electrons. The van der Waals surface area contributed by atoms with Crippen molar-refractivity contribution in [2.45, 2.75) is 37.0 Å². The lowest BCUT2D eigenvalue weighted by Crippen LogP contribution is -2.14. The van der Waals surface area contributed by atoms with Crippen LogP contribution in [-0.2, 0) is 11.3 Å². The molecule has 2 saturated carbocycles. The van der Waals surface area contributed by atoms with E-state index in [9.17, 15) is 13.6 Å². The van der Waals surface area contributed by atoms with Crippen molar-refractivity contribution in [1.29, 1.82) is 0 Å². The number of carbonyl (C=O) groups excluding carboxylic acids is 1. The Kier molecular flexibility index (Phi) is 2.77. The van der Waals surface area contributed by atoms with Gasteiger partial charge in [-0.3, -0.25) is 4.79 Å². The summed E-state index contributed by atoms with van der Waals surface area (Å²) in [5.74, 6) is -0.279. The van der Waals surface area contributed by atoms with Crippen molar-refractivity contribution in [3.63, 3.8) is 0 Å². The standard InChI is InChI=1S/C19H16F2O/c20-18(9-10-18)15-7-3-1-5-13(15)17(22)14-6-2-4-8-16(14)19(21)11-12-19/h1-8H,9-12H2. The number of hydrogen-bond acceptors (Lipinski definition) is 1. The Hall–Kier alpha value is -2.03. The molecule has 0 heterocycles. The quantitative estimate of drug-likeness (QED) is 0.739. The molecule has 2 fully saturated rings. The summed E-state index contributed by atoms with van der Waals surface area (Å²) in [6, 6.07) is 13.6. The van der Waals surface area contributed by atoms with Crippen molar-refractivity contribution in [1.82, 2.24) is 0 Å². The molecule has 1 nitrogen and oxygen atoms in total. The lowest BCUT2D eigenvalue weighted by atomic mass is 9.90. The highest BCUT2D eigenvalue weighted by atomic mass is 19.1. The van der Waals surface area contributed by atoms with Crippen LogP contribution in [0.15, 0.2) is 48.5 Å². The summed E-state index contributed by atoms with van der Waals surface area (Å²) in [7, 11) is 0. The molecule has 0 amide bonds. The maximum atomic E-state index is 14.5. The van der Waals surface area contributed by atoms with E-state index in [1.54, 1.807) is 48.5 Å². The van der Waals surface area contributed by atoms with E-state index in [4.69, 9.17) is 0 Å². The van der Waals surface area contributed by atoms with Gasteiger partial charge in [0.25, 0.3) is 0 Å². The average Bonchev–Trinajstić information content (AvgIpc) is 3.47. The fourth-order valence-corrected chi connectivity index (χ4v) is 3.05. The number of halogens is 2. The maximum absolute atomic E-state index is 14.5. The molecule has 2 aromatic rings. The molecule has 0 unspecified atom stereocenters. The molecular weight excluding hydrogens is 282 g/mol. The summed E-state index contributed by atoms with van der Waals surface area (Å²) in [5, 5.41) is 0. The molecule has 3 heteroatoms. The van der Waals surface area contributed by atoms with Gasteiger partial charge in [0.1, 0.15) is 11.3 Å². The van der Waals surface area contributed by atoms with E-state index in [2.05, 4.69) is 0 Å². The second kappa shape index (κ2) is 4.48. The highest BCUT2D eigenvalue weighted by Gasteiger charge is 2.49. The fraction of sp³-hybridized carbons (Fsp3) is 0.316. The summed E-state index contributed by atoms with van der Waals surface area (Å²) in [6.07, 6.45) is 1.80.